The molecule has 0 radical (unpaired) electrons. The zero-order valence-corrected chi connectivity index (χ0v) is 12.5. The number of hydrogen-bond donors (Lipinski definition) is 0. The number of ketones is 1. The molecule has 1 heterocycles. The maximum atomic E-state index is 12.2. The van der Waals surface area contributed by atoms with Crippen molar-refractivity contribution in [3.8, 4) is 0 Å². The van der Waals surface area contributed by atoms with Gasteiger partial charge in [-0.1, -0.05) is 63.3 Å². The molecule has 1 aromatic carbocycles. The lowest BCUT2D eigenvalue weighted by Crippen LogP contribution is -2.28. The van der Waals surface area contributed by atoms with Crippen molar-refractivity contribution in [2.75, 3.05) is 0 Å². The fourth-order valence-electron chi connectivity index (χ4n) is 2.04. The first-order valence-electron chi connectivity index (χ1n) is 6.74. The average Bonchev–Trinajstić information content (AvgIpc) is 2.38. The molecule has 0 saturated heterocycles. The van der Waals surface area contributed by atoms with E-state index in [0.29, 0.717) is 0 Å². The minimum Gasteiger partial charge on any atom is -0.293 e. The molecule has 100 valence electrons. The number of Topliss-reactive ketones (excluding diaryl/α,β-unsaturated/α-hetero) is 1. The van der Waals surface area contributed by atoms with Gasteiger partial charge in [-0.2, -0.15) is 0 Å². The summed E-state index contributed by atoms with van der Waals surface area (Å²) in [5.41, 5.74) is 0.878. The Labute approximate surface area is 119 Å². The molecule has 0 aromatic heterocycles. The normalized spacial score (nSPS) is 23.5. The van der Waals surface area contributed by atoms with E-state index < -0.39 is 0 Å². The fourth-order valence-corrected chi connectivity index (χ4v) is 3.31. The average molecular weight is 272 g/mol. The van der Waals surface area contributed by atoms with E-state index in [1.807, 2.05) is 42.5 Å². The van der Waals surface area contributed by atoms with Crippen molar-refractivity contribution >= 4 is 17.5 Å². The van der Waals surface area contributed by atoms with E-state index in [1.165, 1.54) is 0 Å². The first-order valence-corrected chi connectivity index (χ1v) is 7.62. The molecule has 0 bridgehead atoms. The molecule has 1 nitrogen and oxygen atoms in total. The molecule has 2 aliphatic rings. The lowest BCUT2D eigenvalue weighted by Gasteiger charge is -2.28. The fraction of sp³-hybridized carbons (Fsp3) is 0.353. The third kappa shape index (κ3) is 3.38. The Balaban J connectivity index is 0.000000297. The maximum Gasteiger partial charge on any atom is 0.172 e. The zero-order valence-electron chi connectivity index (χ0n) is 11.7. The van der Waals surface area contributed by atoms with E-state index in [2.05, 4.69) is 26.8 Å². The van der Waals surface area contributed by atoms with Gasteiger partial charge in [0.05, 0.1) is 5.92 Å². The minimum absolute atomic E-state index is 0.0369. The summed E-state index contributed by atoms with van der Waals surface area (Å²) in [4.78, 5) is 13.3. The maximum absolute atomic E-state index is 12.2. The van der Waals surface area contributed by atoms with Crippen LogP contribution in [0.4, 0.5) is 0 Å². The highest BCUT2D eigenvalue weighted by molar-refractivity contribution is 8.00. The molecule has 19 heavy (non-hydrogen) atoms. The smallest absolute Gasteiger partial charge is 0.172 e. The minimum atomic E-state index is 0.0369. The largest absolute Gasteiger partial charge is 0.293 e. The van der Waals surface area contributed by atoms with E-state index in [9.17, 15) is 4.79 Å². The summed E-state index contributed by atoms with van der Waals surface area (Å²) in [6.07, 6.45) is 8.11. The second-order valence-electron chi connectivity index (χ2n) is 5.47. The van der Waals surface area contributed by atoms with Crippen molar-refractivity contribution in [3.63, 3.8) is 0 Å². The van der Waals surface area contributed by atoms with Crippen molar-refractivity contribution in [2.45, 2.75) is 30.9 Å². The van der Waals surface area contributed by atoms with Crippen LogP contribution in [0.15, 0.2) is 53.5 Å². The van der Waals surface area contributed by atoms with E-state index >= 15 is 0 Å². The number of benzene rings is 1. The molecule has 0 amide bonds. The second kappa shape index (κ2) is 6.25. The molecule has 1 aliphatic carbocycles. The number of rotatable bonds is 0. The first-order chi connectivity index (χ1) is 9.09. The van der Waals surface area contributed by atoms with E-state index in [0.717, 1.165) is 16.4 Å². The number of hydrogen-bond acceptors (Lipinski definition) is 2. The Kier molecular flexibility index (Phi) is 4.65. The van der Waals surface area contributed by atoms with Crippen LogP contribution in [0.25, 0.3) is 0 Å². The van der Waals surface area contributed by atoms with Crippen LogP contribution in [0.1, 0.15) is 31.1 Å². The lowest BCUT2D eigenvalue weighted by molar-refractivity contribution is 0.0942. The van der Waals surface area contributed by atoms with Gasteiger partial charge in [0, 0.05) is 15.7 Å². The summed E-state index contributed by atoms with van der Waals surface area (Å²) in [6, 6.07) is 7.87. The van der Waals surface area contributed by atoms with Crippen LogP contribution in [-0.4, -0.2) is 11.0 Å². The predicted octanol–water partition coefficient (Wildman–Crippen LogP) is 4.75. The Morgan fingerprint density at radius 3 is 2.42 bits per heavy atom. The monoisotopic (exact) mass is 272 g/mol. The van der Waals surface area contributed by atoms with E-state index in [1.54, 1.807) is 11.8 Å². The molecular weight excluding hydrogens is 252 g/mol. The number of carbonyl (C=O) groups is 1. The van der Waals surface area contributed by atoms with Gasteiger partial charge in [0.2, 0.25) is 0 Å². The van der Waals surface area contributed by atoms with Crippen LogP contribution < -0.4 is 0 Å². The third-order valence-corrected chi connectivity index (χ3v) is 4.14. The van der Waals surface area contributed by atoms with Crippen molar-refractivity contribution in [1.29, 1.82) is 0 Å². The Bertz CT molecular complexity index is 511. The standard InChI is InChI=1S/C13H10OS.C4H10/c14-13-9-5-1-3-7-11(9)15-12-8-4-2-6-10(12)13;1-4(2)3/h1-9,11H;4H,1-3H3. The highest BCUT2D eigenvalue weighted by atomic mass is 32.2. The second-order valence-corrected chi connectivity index (χ2v) is 6.69. The quantitative estimate of drug-likeness (QED) is 0.678. The summed E-state index contributed by atoms with van der Waals surface area (Å²) in [6.45, 7) is 6.50. The molecule has 2 unspecified atom stereocenters. The molecular formula is C17H20OS. The molecule has 3 rings (SSSR count). The number of fused-ring (bicyclic) bond motifs is 2. The van der Waals surface area contributed by atoms with Gasteiger partial charge in [0.25, 0.3) is 0 Å². The zero-order chi connectivity index (χ0) is 13.8. The third-order valence-electron chi connectivity index (χ3n) is 2.80. The van der Waals surface area contributed by atoms with Gasteiger partial charge < -0.3 is 0 Å². The predicted molar refractivity (Wildman–Crippen MR) is 82.7 cm³/mol. The van der Waals surface area contributed by atoms with Gasteiger partial charge >= 0.3 is 0 Å². The summed E-state index contributed by atoms with van der Waals surface area (Å²) in [7, 11) is 0. The molecule has 0 saturated carbocycles. The molecule has 2 heteroatoms. The van der Waals surface area contributed by atoms with Crippen LogP contribution in [-0.2, 0) is 0 Å². The van der Waals surface area contributed by atoms with Crippen LogP contribution in [0.2, 0.25) is 0 Å². The molecule has 0 N–H and O–H groups in total. The highest BCUT2D eigenvalue weighted by Gasteiger charge is 2.33. The number of thioether (sulfide) groups is 1. The summed E-state index contributed by atoms with van der Waals surface area (Å²) in [5, 5.41) is 0.289. The first kappa shape index (κ1) is 14.1. The Morgan fingerprint density at radius 2 is 1.68 bits per heavy atom. The Hall–Kier alpha value is -1.28. The van der Waals surface area contributed by atoms with Crippen molar-refractivity contribution in [1.82, 2.24) is 0 Å². The summed E-state index contributed by atoms with van der Waals surface area (Å²) >= 11 is 1.79. The van der Waals surface area contributed by atoms with Crippen molar-refractivity contribution < 1.29 is 4.79 Å². The molecule has 1 aromatic rings. The van der Waals surface area contributed by atoms with Crippen molar-refractivity contribution in [3.05, 3.63) is 54.1 Å². The van der Waals surface area contributed by atoms with Gasteiger partial charge in [-0.05, 0) is 12.0 Å². The molecule has 2 atom stereocenters. The van der Waals surface area contributed by atoms with Crippen LogP contribution in [0, 0.1) is 11.8 Å². The van der Waals surface area contributed by atoms with Gasteiger partial charge in [-0.25, -0.2) is 0 Å². The summed E-state index contributed by atoms with van der Waals surface area (Å²) < 4.78 is 0. The highest BCUT2D eigenvalue weighted by Crippen LogP contribution is 2.40. The van der Waals surface area contributed by atoms with Gasteiger partial charge in [-0.3, -0.25) is 4.79 Å². The topological polar surface area (TPSA) is 17.1 Å². The Morgan fingerprint density at radius 1 is 1.05 bits per heavy atom. The molecule has 1 aliphatic heterocycles. The molecule has 0 spiro atoms. The van der Waals surface area contributed by atoms with Crippen LogP contribution in [0.3, 0.4) is 0 Å². The van der Waals surface area contributed by atoms with Gasteiger partial charge in [0.15, 0.2) is 5.78 Å². The molecule has 0 fully saturated rings. The van der Waals surface area contributed by atoms with Gasteiger partial charge in [0.1, 0.15) is 0 Å². The number of carbonyl (C=O) groups excluding carboxylic acids is 1. The van der Waals surface area contributed by atoms with Crippen LogP contribution >= 0.6 is 11.8 Å². The summed E-state index contributed by atoms with van der Waals surface area (Å²) in [5.74, 6) is 1.13. The van der Waals surface area contributed by atoms with Crippen molar-refractivity contribution in [2.24, 2.45) is 11.8 Å². The lowest BCUT2D eigenvalue weighted by atomic mass is 9.91. The van der Waals surface area contributed by atoms with E-state index in [4.69, 9.17) is 0 Å². The SMILES string of the molecule is CC(C)C.O=C1c2ccccc2SC2C=CC=CC12. The van der Waals surface area contributed by atoms with E-state index in [-0.39, 0.29) is 17.0 Å². The number of allylic oxidation sites excluding steroid dienone is 3. The van der Waals surface area contributed by atoms with Crippen LogP contribution in [0.5, 0.6) is 0 Å². The van der Waals surface area contributed by atoms with Gasteiger partial charge in [-0.15, -0.1) is 11.8 Å².